The number of benzene rings is 2. The van der Waals surface area contributed by atoms with Crippen molar-refractivity contribution in [2.75, 3.05) is 24.9 Å². The predicted molar refractivity (Wildman–Crippen MR) is 118 cm³/mol. The van der Waals surface area contributed by atoms with Gasteiger partial charge in [0, 0.05) is 35.4 Å². The van der Waals surface area contributed by atoms with Gasteiger partial charge in [0.15, 0.2) is 11.5 Å². The van der Waals surface area contributed by atoms with Gasteiger partial charge in [-0.05, 0) is 42.8 Å². The standard InChI is InChI=1S/C23H22N4O3/c1-15-5-4-12-27-14-19(26-22(15)27)16-6-8-17(9-7-16)24-23(28)25-18-10-11-20(29-2)21(13-18)30-3/h4-14H,1-3H3,(H2,24,25,28). The van der Waals surface area contributed by atoms with Crippen LogP contribution in [-0.4, -0.2) is 29.6 Å². The minimum absolute atomic E-state index is 0.349. The summed E-state index contributed by atoms with van der Waals surface area (Å²) in [6, 6.07) is 16.4. The van der Waals surface area contributed by atoms with Crippen molar-refractivity contribution in [3.05, 3.63) is 72.6 Å². The van der Waals surface area contributed by atoms with Crippen LogP contribution >= 0.6 is 0 Å². The van der Waals surface area contributed by atoms with E-state index in [0.717, 1.165) is 22.5 Å². The van der Waals surface area contributed by atoms with Gasteiger partial charge >= 0.3 is 6.03 Å². The predicted octanol–water partition coefficient (Wildman–Crippen LogP) is 4.97. The van der Waals surface area contributed by atoms with Crippen LogP contribution in [0.2, 0.25) is 0 Å². The summed E-state index contributed by atoms with van der Waals surface area (Å²) < 4.78 is 12.5. The average Bonchev–Trinajstić information content (AvgIpc) is 3.20. The Morgan fingerprint density at radius 2 is 1.63 bits per heavy atom. The van der Waals surface area contributed by atoms with Crippen molar-refractivity contribution in [3.63, 3.8) is 0 Å². The van der Waals surface area contributed by atoms with Crippen molar-refractivity contribution in [2.24, 2.45) is 0 Å². The summed E-state index contributed by atoms with van der Waals surface area (Å²) in [4.78, 5) is 17.0. The summed E-state index contributed by atoms with van der Waals surface area (Å²) in [5.74, 6) is 1.14. The Morgan fingerprint density at radius 1 is 0.933 bits per heavy atom. The molecular weight excluding hydrogens is 380 g/mol. The largest absolute Gasteiger partial charge is 0.493 e. The van der Waals surface area contributed by atoms with Gasteiger partial charge < -0.3 is 24.5 Å². The fraction of sp³-hybridized carbons (Fsp3) is 0.130. The van der Waals surface area contributed by atoms with Gasteiger partial charge in [0.05, 0.1) is 19.9 Å². The van der Waals surface area contributed by atoms with Crippen molar-refractivity contribution in [1.29, 1.82) is 0 Å². The molecule has 0 fully saturated rings. The zero-order valence-electron chi connectivity index (χ0n) is 17.0. The van der Waals surface area contributed by atoms with Crippen LogP contribution < -0.4 is 20.1 Å². The zero-order valence-corrected chi connectivity index (χ0v) is 17.0. The number of carbonyl (C=O) groups excluding carboxylic acids is 1. The molecule has 0 radical (unpaired) electrons. The van der Waals surface area contributed by atoms with Gasteiger partial charge in [-0.3, -0.25) is 0 Å². The van der Waals surface area contributed by atoms with E-state index in [1.807, 2.05) is 60.1 Å². The number of hydrogen-bond donors (Lipinski definition) is 2. The van der Waals surface area contributed by atoms with E-state index in [1.54, 1.807) is 32.4 Å². The van der Waals surface area contributed by atoms with E-state index in [-0.39, 0.29) is 6.03 Å². The average molecular weight is 402 g/mol. The fourth-order valence-corrected chi connectivity index (χ4v) is 3.22. The Kier molecular flexibility index (Phi) is 5.26. The number of amides is 2. The number of methoxy groups -OCH3 is 2. The highest BCUT2D eigenvalue weighted by atomic mass is 16.5. The molecule has 2 N–H and O–H groups in total. The van der Waals surface area contributed by atoms with Crippen molar-refractivity contribution in [1.82, 2.24) is 9.38 Å². The van der Waals surface area contributed by atoms with Gasteiger partial charge in [-0.2, -0.15) is 0 Å². The van der Waals surface area contributed by atoms with Crippen molar-refractivity contribution >= 4 is 23.1 Å². The number of imidazole rings is 1. The second-order valence-corrected chi connectivity index (χ2v) is 6.77. The van der Waals surface area contributed by atoms with E-state index in [2.05, 4.69) is 10.6 Å². The molecule has 0 aliphatic rings. The molecule has 30 heavy (non-hydrogen) atoms. The molecule has 2 aromatic heterocycles. The molecule has 0 bridgehead atoms. The molecule has 7 heteroatoms. The molecule has 0 aliphatic carbocycles. The fourth-order valence-electron chi connectivity index (χ4n) is 3.22. The number of hydrogen-bond acceptors (Lipinski definition) is 4. The van der Waals surface area contributed by atoms with E-state index >= 15 is 0 Å². The Balaban J connectivity index is 1.45. The molecule has 152 valence electrons. The maximum absolute atomic E-state index is 12.3. The highest BCUT2D eigenvalue weighted by Crippen LogP contribution is 2.30. The first-order valence-corrected chi connectivity index (χ1v) is 9.42. The molecule has 0 unspecified atom stereocenters. The Morgan fingerprint density at radius 3 is 2.33 bits per heavy atom. The quantitative estimate of drug-likeness (QED) is 0.494. The van der Waals surface area contributed by atoms with Crippen molar-refractivity contribution in [2.45, 2.75) is 6.92 Å². The maximum atomic E-state index is 12.3. The SMILES string of the molecule is COc1ccc(NC(=O)Nc2ccc(-c3cn4cccc(C)c4n3)cc2)cc1OC. The van der Waals surface area contributed by atoms with Crippen LogP contribution in [-0.2, 0) is 0 Å². The maximum Gasteiger partial charge on any atom is 0.323 e. The molecule has 2 heterocycles. The Hall–Kier alpha value is -4.00. The van der Waals surface area contributed by atoms with Crippen LogP contribution in [0, 0.1) is 6.92 Å². The summed E-state index contributed by atoms with van der Waals surface area (Å²) in [6.07, 6.45) is 3.97. The molecule has 0 atom stereocenters. The van der Waals surface area contributed by atoms with Gasteiger partial charge in [-0.15, -0.1) is 0 Å². The number of rotatable bonds is 5. The molecule has 7 nitrogen and oxygen atoms in total. The molecule has 4 aromatic rings. The summed E-state index contributed by atoms with van der Waals surface area (Å²) in [5, 5.41) is 5.61. The molecule has 0 saturated heterocycles. The van der Waals surface area contributed by atoms with Gasteiger partial charge in [0.2, 0.25) is 0 Å². The Bertz CT molecular complexity index is 1200. The molecule has 0 spiro atoms. The second kappa shape index (κ2) is 8.16. The molecule has 0 aliphatic heterocycles. The van der Waals surface area contributed by atoms with Crippen LogP contribution in [0.1, 0.15) is 5.56 Å². The molecule has 2 amide bonds. The number of nitrogens with one attached hydrogen (secondary N) is 2. The van der Waals surface area contributed by atoms with Crippen molar-refractivity contribution in [3.8, 4) is 22.8 Å². The first-order valence-electron chi connectivity index (χ1n) is 9.42. The minimum atomic E-state index is -0.349. The molecular formula is C23H22N4O3. The van der Waals surface area contributed by atoms with E-state index in [4.69, 9.17) is 14.5 Å². The zero-order chi connectivity index (χ0) is 21.1. The summed E-state index contributed by atoms with van der Waals surface area (Å²) >= 11 is 0. The van der Waals surface area contributed by atoms with E-state index in [9.17, 15) is 4.79 Å². The van der Waals surface area contributed by atoms with E-state index in [0.29, 0.717) is 22.9 Å². The number of aromatic nitrogens is 2. The number of carbonyl (C=O) groups is 1. The summed E-state index contributed by atoms with van der Waals surface area (Å²) in [6.45, 7) is 2.04. The van der Waals surface area contributed by atoms with Crippen LogP contribution in [0.3, 0.4) is 0 Å². The third kappa shape index (κ3) is 3.91. The third-order valence-electron chi connectivity index (χ3n) is 4.76. The summed E-state index contributed by atoms with van der Waals surface area (Å²) in [7, 11) is 3.11. The highest BCUT2D eigenvalue weighted by molar-refractivity contribution is 6.00. The number of fused-ring (bicyclic) bond motifs is 1. The molecule has 0 saturated carbocycles. The third-order valence-corrected chi connectivity index (χ3v) is 4.76. The second-order valence-electron chi connectivity index (χ2n) is 6.77. The van der Waals surface area contributed by atoms with Gasteiger partial charge in [0.1, 0.15) is 5.65 Å². The van der Waals surface area contributed by atoms with Gasteiger partial charge in [-0.25, -0.2) is 9.78 Å². The van der Waals surface area contributed by atoms with E-state index in [1.165, 1.54) is 0 Å². The number of ether oxygens (including phenoxy) is 2. The lowest BCUT2D eigenvalue weighted by molar-refractivity contribution is 0.262. The first-order chi connectivity index (χ1) is 14.6. The lowest BCUT2D eigenvalue weighted by atomic mass is 10.1. The van der Waals surface area contributed by atoms with Gasteiger partial charge in [-0.1, -0.05) is 18.2 Å². The summed E-state index contributed by atoms with van der Waals surface area (Å²) in [5.41, 5.74) is 5.19. The number of anilines is 2. The van der Waals surface area contributed by atoms with Crippen molar-refractivity contribution < 1.29 is 14.3 Å². The van der Waals surface area contributed by atoms with E-state index < -0.39 is 0 Å². The van der Waals surface area contributed by atoms with Crippen LogP contribution in [0.5, 0.6) is 11.5 Å². The Labute approximate surface area is 174 Å². The highest BCUT2D eigenvalue weighted by Gasteiger charge is 2.09. The number of urea groups is 1. The normalized spacial score (nSPS) is 10.6. The lowest BCUT2D eigenvalue weighted by Gasteiger charge is -2.11. The van der Waals surface area contributed by atoms with Crippen LogP contribution in [0.4, 0.5) is 16.2 Å². The smallest absolute Gasteiger partial charge is 0.323 e. The van der Waals surface area contributed by atoms with Crippen LogP contribution in [0.25, 0.3) is 16.9 Å². The molecule has 4 rings (SSSR count). The number of pyridine rings is 1. The number of aryl methyl sites for hydroxylation is 1. The minimum Gasteiger partial charge on any atom is -0.493 e. The van der Waals surface area contributed by atoms with Gasteiger partial charge in [0.25, 0.3) is 0 Å². The number of nitrogens with zero attached hydrogens (tertiary/aromatic N) is 2. The molecule has 2 aromatic carbocycles. The van der Waals surface area contributed by atoms with Crippen LogP contribution in [0.15, 0.2) is 67.0 Å². The monoisotopic (exact) mass is 402 g/mol. The topological polar surface area (TPSA) is 76.9 Å². The first kappa shape index (κ1) is 19.3. The lowest BCUT2D eigenvalue weighted by Crippen LogP contribution is -2.19.